The molecule has 0 aliphatic heterocycles. The molecule has 0 aliphatic carbocycles. The average molecular weight is 374 g/mol. The van der Waals surface area contributed by atoms with Crippen LogP contribution in [0.3, 0.4) is 0 Å². The van der Waals surface area contributed by atoms with Gasteiger partial charge in [0, 0.05) is 18.2 Å². The standard InChI is InChI=1S/C18H21ClFNO2.ClH/c1-12(2)21-10-13-8-15(19)18(17(9-13)22-3)23-11-14-6-4-5-7-16(14)20;/h4-9,12,21H,10-11H2,1-3H3;1H. The maximum Gasteiger partial charge on any atom is 0.180 e. The van der Waals surface area contributed by atoms with Crippen molar-refractivity contribution in [2.24, 2.45) is 0 Å². The number of hydrogen-bond acceptors (Lipinski definition) is 3. The lowest BCUT2D eigenvalue weighted by molar-refractivity contribution is 0.279. The molecule has 0 fully saturated rings. The summed E-state index contributed by atoms with van der Waals surface area (Å²) in [5, 5.41) is 3.77. The van der Waals surface area contributed by atoms with E-state index in [9.17, 15) is 4.39 Å². The molecule has 0 saturated heterocycles. The molecule has 6 heteroatoms. The summed E-state index contributed by atoms with van der Waals surface area (Å²) in [4.78, 5) is 0. The van der Waals surface area contributed by atoms with Crippen LogP contribution in [0, 0.1) is 5.82 Å². The molecule has 3 nitrogen and oxygen atoms in total. The zero-order chi connectivity index (χ0) is 16.8. The lowest BCUT2D eigenvalue weighted by atomic mass is 10.2. The fourth-order valence-electron chi connectivity index (χ4n) is 2.10. The van der Waals surface area contributed by atoms with E-state index in [1.54, 1.807) is 25.3 Å². The van der Waals surface area contributed by atoms with E-state index in [4.69, 9.17) is 21.1 Å². The Morgan fingerprint density at radius 3 is 2.54 bits per heavy atom. The van der Waals surface area contributed by atoms with E-state index in [-0.39, 0.29) is 24.8 Å². The second kappa shape index (κ2) is 9.72. The Balaban J connectivity index is 0.00000288. The first kappa shape index (κ1) is 20.6. The molecule has 0 aromatic heterocycles. The van der Waals surface area contributed by atoms with Gasteiger partial charge in [-0.2, -0.15) is 0 Å². The van der Waals surface area contributed by atoms with Gasteiger partial charge in [0.05, 0.1) is 12.1 Å². The van der Waals surface area contributed by atoms with Crippen molar-refractivity contribution in [3.05, 3.63) is 58.4 Å². The number of rotatable bonds is 7. The van der Waals surface area contributed by atoms with Crippen LogP contribution in [0.15, 0.2) is 36.4 Å². The molecule has 2 rings (SSSR count). The molecule has 0 saturated carbocycles. The third-order valence-corrected chi connectivity index (χ3v) is 3.61. The minimum Gasteiger partial charge on any atom is -0.493 e. The SMILES string of the molecule is COc1cc(CNC(C)C)cc(Cl)c1OCc1ccccc1F.Cl. The first-order valence-corrected chi connectivity index (χ1v) is 7.85. The fraction of sp³-hybridized carbons (Fsp3) is 0.333. The first-order chi connectivity index (χ1) is 11.0. The molecule has 2 aromatic rings. The van der Waals surface area contributed by atoms with Crippen molar-refractivity contribution < 1.29 is 13.9 Å². The van der Waals surface area contributed by atoms with Crippen LogP contribution in [0.4, 0.5) is 4.39 Å². The Labute approximate surface area is 153 Å². The van der Waals surface area contributed by atoms with E-state index < -0.39 is 0 Å². The number of benzene rings is 2. The molecule has 0 aliphatic rings. The Hall–Kier alpha value is -1.49. The Bertz CT molecular complexity index is 665. The van der Waals surface area contributed by atoms with Gasteiger partial charge in [-0.1, -0.05) is 43.6 Å². The van der Waals surface area contributed by atoms with Crippen LogP contribution < -0.4 is 14.8 Å². The predicted octanol–water partition coefficient (Wildman–Crippen LogP) is 4.99. The highest BCUT2D eigenvalue weighted by Gasteiger charge is 2.13. The molecular weight excluding hydrogens is 352 g/mol. The van der Waals surface area contributed by atoms with Crippen LogP contribution in [-0.2, 0) is 13.2 Å². The lowest BCUT2D eigenvalue weighted by Gasteiger charge is -2.15. The summed E-state index contributed by atoms with van der Waals surface area (Å²) >= 11 is 6.31. The van der Waals surface area contributed by atoms with E-state index in [0.717, 1.165) is 5.56 Å². The molecule has 0 heterocycles. The van der Waals surface area contributed by atoms with Crippen molar-refractivity contribution in [1.82, 2.24) is 5.32 Å². The van der Waals surface area contributed by atoms with Crippen LogP contribution in [0.5, 0.6) is 11.5 Å². The van der Waals surface area contributed by atoms with Crippen LogP contribution in [-0.4, -0.2) is 13.2 Å². The fourth-order valence-corrected chi connectivity index (χ4v) is 2.39. The second-order valence-electron chi connectivity index (χ2n) is 5.52. The van der Waals surface area contributed by atoms with E-state index in [1.807, 2.05) is 12.1 Å². The molecule has 0 atom stereocenters. The Kier molecular flexibility index (Phi) is 8.32. The van der Waals surface area contributed by atoms with Crippen LogP contribution >= 0.6 is 24.0 Å². The monoisotopic (exact) mass is 373 g/mol. The predicted molar refractivity (Wildman–Crippen MR) is 98.0 cm³/mol. The molecule has 2 aromatic carbocycles. The summed E-state index contributed by atoms with van der Waals surface area (Å²) in [6.07, 6.45) is 0. The molecule has 0 bridgehead atoms. The number of halogens is 3. The highest BCUT2D eigenvalue weighted by molar-refractivity contribution is 6.32. The number of hydrogen-bond donors (Lipinski definition) is 1. The van der Waals surface area contributed by atoms with E-state index >= 15 is 0 Å². The number of ether oxygens (including phenoxy) is 2. The van der Waals surface area contributed by atoms with Gasteiger partial charge >= 0.3 is 0 Å². The van der Waals surface area contributed by atoms with Crippen molar-refractivity contribution in [2.75, 3.05) is 7.11 Å². The summed E-state index contributed by atoms with van der Waals surface area (Å²) in [6.45, 7) is 4.92. The van der Waals surface area contributed by atoms with Gasteiger partial charge in [0.15, 0.2) is 11.5 Å². The molecule has 0 unspecified atom stereocenters. The zero-order valence-electron chi connectivity index (χ0n) is 13.9. The normalized spacial score (nSPS) is 10.4. The van der Waals surface area contributed by atoms with Crippen LogP contribution in [0.2, 0.25) is 5.02 Å². The zero-order valence-corrected chi connectivity index (χ0v) is 15.5. The molecule has 132 valence electrons. The highest BCUT2D eigenvalue weighted by atomic mass is 35.5. The topological polar surface area (TPSA) is 30.5 Å². The van der Waals surface area contributed by atoms with Crippen molar-refractivity contribution in [3.8, 4) is 11.5 Å². The first-order valence-electron chi connectivity index (χ1n) is 7.47. The largest absolute Gasteiger partial charge is 0.493 e. The molecule has 1 N–H and O–H groups in total. The molecule has 0 spiro atoms. The van der Waals surface area contributed by atoms with Gasteiger partial charge < -0.3 is 14.8 Å². The van der Waals surface area contributed by atoms with Gasteiger partial charge in [-0.25, -0.2) is 4.39 Å². The smallest absolute Gasteiger partial charge is 0.180 e. The lowest BCUT2D eigenvalue weighted by Crippen LogP contribution is -2.21. The molecule has 24 heavy (non-hydrogen) atoms. The third kappa shape index (κ3) is 5.55. The average Bonchev–Trinajstić information content (AvgIpc) is 2.52. The van der Waals surface area contributed by atoms with Crippen molar-refractivity contribution in [3.63, 3.8) is 0 Å². The van der Waals surface area contributed by atoms with Gasteiger partial charge in [-0.15, -0.1) is 12.4 Å². The summed E-state index contributed by atoms with van der Waals surface area (Å²) < 4.78 is 24.7. The van der Waals surface area contributed by atoms with E-state index in [0.29, 0.717) is 34.7 Å². The van der Waals surface area contributed by atoms with Gasteiger partial charge in [-0.3, -0.25) is 0 Å². The van der Waals surface area contributed by atoms with Crippen molar-refractivity contribution in [2.45, 2.75) is 33.0 Å². The van der Waals surface area contributed by atoms with Gasteiger partial charge in [0.25, 0.3) is 0 Å². The summed E-state index contributed by atoms with van der Waals surface area (Å²) in [7, 11) is 1.56. The quantitative estimate of drug-likeness (QED) is 0.741. The Morgan fingerprint density at radius 1 is 1.21 bits per heavy atom. The van der Waals surface area contributed by atoms with Gasteiger partial charge in [-0.05, 0) is 23.8 Å². The van der Waals surface area contributed by atoms with Gasteiger partial charge in [0.2, 0.25) is 0 Å². The minimum atomic E-state index is -0.305. The maximum absolute atomic E-state index is 13.7. The third-order valence-electron chi connectivity index (χ3n) is 3.33. The minimum absolute atomic E-state index is 0. The van der Waals surface area contributed by atoms with Gasteiger partial charge in [0.1, 0.15) is 12.4 Å². The van der Waals surface area contributed by atoms with E-state index in [2.05, 4.69) is 19.2 Å². The Morgan fingerprint density at radius 2 is 1.92 bits per heavy atom. The van der Waals surface area contributed by atoms with Crippen molar-refractivity contribution >= 4 is 24.0 Å². The second-order valence-corrected chi connectivity index (χ2v) is 5.93. The number of methoxy groups -OCH3 is 1. The van der Waals surface area contributed by atoms with Crippen LogP contribution in [0.25, 0.3) is 0 Å². The van der Waals surface area contributed by atoms with Crippen molar-refractivity contribution in [1.29, 1.82) is 0 Å². The summed E-state index contributed by atoms with van der Waals surface area (Å²) in [6, 6.07) is 10.6. The number of nitrogens with one attached hydrogen (secondary N) is 1. The highest BCUT2D eigenvalue weighted by Crippen LogP contribution is 2.37. The summed E-state index contributed by atoms with van der Waals surface area (Å²) in [5.41, 5.74) is 1.47. The van der Waals surface area contributed by atoms with Crippen LogP contribution in [0.1, 0.15) is 25.0 Å². The van der Waals surface area contributed by atoms with E-state index in [1.165, 1.54) is 6.07 Å². The molecule has 0 amide bonds. The maximum atomic E-state index is 13.7. The summed E-state index contributed by atoms with van der Waals surface area (Å²) in [5.74, 6) is 0.653. The molecular formula is C18H22Cl2FNO2. The molecule has 0 radical (unpaired) electrons.